The molecule has 0 fully saturated rings. The van der Waals surface area contributed by atoms with Crippen molar-refractivity contribution in [1.82, 2.24) is 0 Å². The number of hydrogen-bond acceptors (Lipinski definition) is 2. The maximum atomic E-state index is 13.0. The number of nitrogens with two attached hydrogens (primary N) is 1. The topological polar surface area (TPSA) is 46.2 Å². The molecule has 0 aliphatic heterocycles. The van der Waals surface area contributed by atoms with Gasteiger partial charge >= 0.3 is 0 Å². The van der Waals surface area contributed by atoms with Crippen LogP contribution in [0.2, 0.25) is 5.02 Å². The number of aliphatic hydroxyl groups is 1. The summed E-state index contributed by atoms with van der Waals surface area (Å²) in [7, 11) is 0. The fraction of sp³-hybridized carbons (Fsp3) is 0.333. The SMILES string of the molecule is Cc1cc(Cl)c(C(O)CN)cc1F. The zero-order chi connectivity index (χ0) is 10.0. The molecule has 0 saturated heterocycles. The number of rotatable bonds is 2. The van der Waals surface area contributed by atoms with Crippen molar-refractivity contribution >= 4 is 11.6 Å². The van der Waals surface area contributed by atoms with Crippen molar-refractivity contribution in [3.05, 3.63) is 34.1 Å². The molecule has 3 N–H and O–H groups in total. The second-order valence-electron chi connectivity index (χ2n) is 2.87. The van der Waals surface area contributed by atoms with E-state index in [4.69, 9.17) is 17.3 Å². The molecule has 0 radical (unpaired) electrons. The molecular weight excluding hydrogens is 193 g/mol. The minimum Gasteiger partial charge on any atom is -0.387 e. The fourth-order valence-corrected chi connectivity index (χ4v) is 1.39. The van der Waals surface area contributed by atoms with Crippen molar-refractivity contribution < 1.29 is 9.50 Å². The van der Waals surface area contributed by atoms with Gasteiger partial charge in [0.2, 0.25) is 0 Å². The first-order chi connectivity index (χ1) is 6.06. The Balaban J connectivity index is 3.15. The van der Waals surface area contributed by atoms with E-state index in [1.54, 1.807) is 6.92 Å². The molecule has 13 heavy (non-hydrogen) atoms. The van der Waals surface area contributed by atoms with Gasteiger partial charge in [0.25, 0.3) is 0 Å². The van der Waals surface area contributed by atoms with Gasteiger partial charge in [0.15, 0.2) is 0 Å². The first-order valence-electron chi connectivity index (χ1n) is 3.90. The largest absolute Gasteiger partial charge is 0.387 e. The van der Waals surface area contributed by atoms with Gasteiger partial charge in [-0.2, -0.15) is 0 Å². The molecule has 0 aromatic heterocycles. The van der Waals surface area contributed by atoms with E-state index >= 15 is 0 Å². The highest BCUT2D eigenvalue weighted by Crippen LogP contribution is 2.25. The molecule has 0 bridgehead atoms. The summed E-state index contributed by atoms with van der Waals surface area (Å²) >= 11 is 5.79. The lowest BCUT2D eigenvalue weighted by Gasteiger charge is -2.11. The number of aryl methyl sites for hydroxylation is 1. The average Bonchev–Trinajstić information content (AvgIpc) is 2.10. The van der Waals surface area contributed by atoms with Gasteiger partial charge in [-0.15, -0.1) is 0 Å². The molecule has 0 amide bonds. The molecule has 0 saturated carbocycles. The van der Waals surface area contributed by atoms with Crippen molar-refractivity contribution in [2.24, 2.45) is 5.73 Å². The highest BCUT2D eigenvalue weighted by Gasteiger charge is 2.12. The maximum absolute atomic E-state index is 13.0. The highest BCUT2D eigenvalue weighted by molar-refractivity contribution is 6.31. The minimum atomic E-state index is -0.900. The van der Waals surface area contributed by atoms with E-state index in [-0.39, 0.29) is 12.4 Å². The van der Waals surface area contributed by atoms with Crippen molar-refractivity contribution in [3.8, 4) is 0 Å². The van der Waals surface area contributed by atoms with E-state index in [9.17, 15) is 9.50 Å². The Labute approximate surface area is 81.1 Å². The molecule has 1 rings (SSSR count). The predicted octanol–water partition coefficient (Wildman–Crippen LogP) is 1.78. The predicted molar refractivity (Wildman–Crippen MR) is 50.2 cm³/mol. The fourth-order valence-electron chi connectivity index (χ4n) is 1.04. The molecule has 72 valence electrons. The lowest BCUT2D eigenvalue weighted by atomic mass is 10.1. The summed E-state index contributed by atoms with van der Waals surface area (Å²) in [5.74, 6) is -0.382. The van der Waals surface area contributed by atoms with Crippen LogP contribution in [-0.2, 0) is 0 Å². The summed E-state index contributed by atoms with van der Waals surface area (Å²) in [6, 6.07) is 2.69. The van der Waals surface area contributed by atoms with E-state index < -0.39 is 6.10 Å². The molecule has 1 atom stereocenters. The van der Waals surface area contributed by atoms with Gasteiger partial charge in [0.05, 0.1) is 6.10 Å². The van der Waals surface area contributed by atoms with E-state index in [0.29, 0.717) is 16.1 Å². The second-order valence-corrected chi connectivity index (χ2v) is 3.28. The summed E-state index contributed by atoms with van der Waals surface area (Å²) in [4.78, 5) is 0. The number of halogens is 2. The molecule has 0 aliphatic carbocycles. The van der Waals surface area contributed by atoms with Gasteiger partial charge in [-0.1, -0.05) is 11.6 Å². The van der Waals surface area contributed by atoms with Crippen LogP contribution < -0.4 is 5.73 Å². The first-order valence-corrected chi connectivity index (χ1v) is 4.27. The Hall–Kier alpha value is -0.640. The zero-order valence-corrected chi connectivity index (χ0v) is 7.98. The Kier molecular flexibility index (Phi) is 3.25. The van der Waals surface area contributed by atoms with Crippen molar-refractivity contribution in [1.29, 1.82) is 0 Å². The summed E-state index contributed by atoms with van der Waals surface area (Å²) < 4.78 is 13.0. The van der Waals surface area contributed by atoms with Crippen LogP contribution in [-0.4, -0.2) is 11.7 Å². The van der Waals surface area contributed by atoms with Gasteiger partial charge < -0.3 is 10.8 Å². The third kappa shape index (κ3) is 2.18. The van der Waals surface area contributed by atoms with Crippen molar-refractivity contribution in [2.75, 3.05) is 6.54 Å². The van der Waals surface area contributed by atoms with E-state index in [0.717, 1.165) is 0 Å². The van der Waals surface area contributed by atoms with Crippen LogP contribution >= 0.6 is 11.6 Å². The summed E-state index contributed by atoms with van der Waals surface area (Å²) in [5.41, 5.74) is 6.03. The third-order valence-corrected chi connectivity index (χ3v) is 2.19. The number of hydrogen-bond donors (Lipinski definition) is 2. The molecule has 1 aromatic rings. The van der Waals surface area contributed by atoms with Crippen LogP contribution in [0.4, 0.5) is 4.39 Å². The lowest BCUT2D eigenvalue weighted by Crippen LogP contribution is -2.12. The number of benzene rings is 1. The van der Waals surface area contributed by atoms with Crippen LogP contribution in [0.15, 0.2) is 12.1 Å². The molecule has 0 heterocycles. The van der Waals surface area contributed by atoms with Crippen molar-refractivity contribution in [2.45, 2.75) is 13.0 Å². The molecule has 1 unspecified atom stereocenters. The Morgan fingerprint density at radius 3 is 2.77 bits per heavy atom. The maximum Gasteiger partial charge on any atom is 0.126 e. The van der Waals surface area contributed by atoms with E-state index in [1.165, 1.54) is 12.1 Å². The third-order valence-electron chi connectivity index (χ3n) is 1.86. The van der Waals surface area contributed by atoms with E-state index in [1.807, 2.05) is 0 Å². The molecule has 0 spiro atoms. The molecular formula is C9H11ClFNO. The Morgan fingerprint density at radius 1 is 1.62 bits per heavy atom. The Bertz CT molecular complexity index is 317. The quantitative estimate of drug-likeness (QED) is 0.770. The average molecular weight is 204 g/mol. The van der Waals surface area contributed by atoms with Crippen LogP contribution in [0.1, 0.15) is 17.2 Å². The van der Waals surface area contributed by atoms with Gasteiger partial charge in [-0.05, 0) is 24.6 Å². The second kappa shape index (κ2) is 4.05. The summed E-state index contributed by atoms with van der Waals surface area (Å²) in [5, 5.41) is 9.69. The van der Waals surface area contributed by atoms with Crippen LogP contribution in [0.3, 0.4) is 0 Å². The lowest BCUT2D eigenvalue weighted by molar-refractivity contribution is 0.186. The highest BCUT2D eigenvalue weighted by atomic mass is 35.5. The van der Waals surface area contributed by atoms with Gasteiger partial charge in [-0.3, -0.25) is 0 Å². The molecule has 4 heteroatoms. The van der Waals surface area contributed by atoms with Crippen molar-refractivity contribution in [3.63, 3.8) is 0 Å². The van der Waals surface area contributed by atoms with Crippen LogP contribution in [0, 0.1) is 12.7 Å². The van der Waals surface area contributed by atoms with Crippen LogP contribution in [0.25, 0.3) is 0 Å². The minimum absolute atomic E-state index is 0.0300. The Morgan fingerprint density at radius 2 is 2.23 bits per heavy atom. The summed E-state index contributed by atoms with van der Waals surface area (Å²) in [6.45, 7) is 1.64. The normalized spacial score (nSPS) is 13.0. The zero-order valence-electron chi connectivity index (χ0n) is 7.22. The van der Waals surface area contributed by atoms with Gasteiger partial charge in [0, 0.05) is 17.1 Å². The monoisotopic (exact) mass is 203 g/mol. The van der Waals surface area contributed by atoms with Gasteiger partial charge in [-0.25, -0.2) is 4.39 Å². The summed E-state index contributed by atoms with van der Waals surface area (Å²) in [6.07, 6.45) is -0.900. The van der Waals surface area contributed by atoms with Gasteiger partial charge in [0.1, 0.15) is 5.82 Å². The smallest absolute Gasteiger partial charge is 0.126 e. The van der Waals surface area contributed by atoms with E-state index in [2.05, 4.69) is 0 Å². The molecule has 2 nitrogen and oxygen atoms in total. The number of aliphatic hydroxyl groups excluding tert-OH is 1. The molecule has 0 aliphatic rings. The van der Waals surface area contributed by atoms with Crippen LogP contribution in [0.5, 0.6) is 0 Å². The standard InChI is InChI=1S/C9H11ClFNO/c1-5-2-7(10)6(3-8(5)11)9(13)4-12/h2-3,9,13H,4,12H2,1H3. The molecule has 1 aromatic carbocycles. The first kappa shape index (κ1) is 10.4.